The second-order valence-electron chi connectivity index (χ2n) is 4.05. The van der Waals surface area contributed by atoms with Crippen LogP contribution in [0.1, 0.15) is 38.2 Å². The van der Waals surface area contributed by atoms with Crippen molar-refractivity contribution in [1.29, 1.82) is 0 Å². The van der Waals surface area contributed by atoms with E-state index in [-0.39, 0.29) is 5.91 Å². The maximum absolute atomic E-state index is 12.2. The molecule has 1 rings (SSSR count). The number of anilines is 1. The predicted molar refractivity (Wildman–Crippen MR) is 75.0 cm³/mol. The molecule has 4 heteroatoms. The average Bonchev–Trinajstić information content (AvgIpc) is 2.42. The van der Waals surface area contributed by atoms with Crippen LogP contribution in [0.15, 0.2) is 18.3 Å². The number of amides is 1. The monoisotopic (exact) mass is 249 g/mol. The fourth-order valence-corrected chi connectivity index (χ4v) is 1.99. The molecule has 1 heterocycles. The molecule has 0 spiro atoms. The van der Waals surface area contributed by atoms with Gasteiger partial charge in [0.05, 0.1) is 0 Å². The fourth-order valence-electron chi connectivity index (χ4n) is 1.99. The van der Waals surface area contributed by atoms with Gasteiger partial charge in [-0.2, -0.15) is 0 Å². The highest BCUT2D eigenvalue weighted by Gasteiger charge is 2.15. The summed E-state index contributed by atoms with van der Waals surface area (Å²) in [5.74, 6) is 0.00834. The molecule has 18 heavy (non-hydrogen) atoms. The molecule has 1 aromatic rings. The van der Waals surface area contributed by atoms with Gasteiger partial charge in [-0.1, -0.05) is 0 Å². The van der Waals surface area contributed by atoms with Crippen LogP contribution in [0.5, 0.6) is 0 Å². The summed E-state index contributed by atoms with van der Waals surface area (Å²) in [6.45, 7) is 11.5. The topological polar surface area (TPSA) is 36.4 Å². The first-order chi connectivity index (χ1) is 8.67. The lowest BCUT2D eigenvalue weighted by atomic mass is 10.2. The molecule has 0 unspecified atom stereocenters. The largest absolute Gasteiger partial charge is 0.372 e. The molecule has 0 saturated carbocycles. The van der Waals surface area contributed by atoms with Crippen molar-refractivity contribution in [2.45, 2.75) is 27.7 Å². The molecular weight excluding hydrogens is 226 g/mol. The highest BCUT2D eigenvalue weighted by Crippen LogP contribution is 2.15. The van der Waals surface area contributed by atoms with E-state index in [4.69, 9.17) is 0 Å². The molecule has 1 aromatic heterocycles. The summed E-state index contributed by atoms with van der Waals surface area (Å²) in [6.07, 6.45) is 1.71. The van der Waals surface area contributed by atoms with Crippen LogP contribution in [0, 0.1) is 0 Å². The van der Waals surface area contributed by atoms with Gasteiger partial charge in [-0.3, -0.25) is 9.78 Å². The number of aromatic nitrogens is 1. The standard InChI is InChI=1S/C14H23N3O/c1-5-16(6-2)12-9-10-15-13(11-12)14(18)17(7-3)8-4/h9-11H,5-8H2,1-4H3. The number of nitrogens with zero attached hydrogens (tertiary/aromatic N) is 3. The number of carbonyl (C=O) groups excluding carboxylic acids is 1. The van der Waals surface area contributed by atoms with Gasteiger partial charge in [-0.05, 0) is 39.8 Å². The first-order valence-electron chi connectivity index (χ1n) is 6.68. The van der Waals surface area contributed by atoms with Crippen molar-refractivity contribution in [3.8, 4) is 0 Å². The lowest BCUT2D eigenvalue weighted by Crippen LogP contribution is -2.31. The number of carbonyl (C=O) groups is 1. The van der Waals surface area contributed by atoms with E-state index in [9.17, 15) is 4.79 Å². The van der Waals surface area contributed by atoms with E-state index in [1.165, 1.54) is 0 Å². The zero-order valence-corrected chi connectivity index (χ0v) is 11.8. The molecule has 0 fully saturated rings. The molecule has 0 N–H and O–H groups in total. The summed E-state index contributed by atoms with van der Waals surface area (Å²) >= 11 is 0. The van der Waals surface area contributed by atoms with Gasteiger partial charge in [0.1, 0.15) is 5.69 Å². The van der Waals surface area contributed by atoms with Crippen LogP contribution in [0.4, 0.5) is 5.69 Å². The van der Waals surface area contributed by atoms with Crippen LogP contribution >= 0.6 is 0 Å². The first-order valence-corrected chi connectivity index (χ1v) is 6.68. The maximum Gasteiger partial charge on any atom is 0.272 e. The van der Waals surface area contributed by atoms with Crippen molar-refractivity contribution in [1.82, 2.24) is 9.88 Å². The van der Waals surface area contributed by atoms with Crippen LogP contribution in [0.25, 0.3) is 0 Å². The lowest BCUT2D eigenvalue weighted by Gasteiger charge is -2.22. The Morgan fingerprint density at radius 1 is 1.11 bits per heavy atom. The number of hydrogen-bond acceptors (Lipinski definition) is 3. The summed E-state index contributed by atoms with van der Waals surface area (Å²) in [5.41, 5.74) is 1.59. The third-order valence-electron chi connectivity index (χ3n) is 3.14. The number of rotatable bonds is 6. The highest BCUT2D eigenvalue weighted by atomic mass is 16.2. The Morgan fingerprint density at radius 2 is 1.72 bits per heavy atom. The number of hydrogen-bond donors (Lipinski definition) is 0. The molecule has 0 aliphatic heterocycles. The predicted octanol–water partition coefficient (Wildman–Crippen LogP) is 2.41. The lowest BCUT2D eigenvalue weighted by molar-refractivity contribution is 0.0767. The van der Waals surface area contributed by atoms with Gasteiger partial charge in [0.25, 0.3) is 5.91 Å². The Hall–Kier alpha value is -1.58. The molecule has 0 bridgehead atoms. The van der Waals surface area contributed by atoms with Gasteiger partial charge >= 0.3 is 0 Å². The van der Waals surface area contributed by atoms with Crippen molar-refractivity contribution in [2.75, 3.05) is 31.1 Å². The normalized spacial score (nSPS) is 10.2. The van der Waals surface area contributed by atoms with Crippen molar-refractivity contribution in [2.24, 2.45) is 0 Å². The Morgan fingerprint density at radius 3 is 2.22 bits per heavy atom. The van der Waals surface area contributed by atoms with Gasteiger partial charge in [-0.15, -0.1) is 0 Å². The van der Waals surface area contributed by atoms with Gasteiger partial charge in [0.2, 0.25) is 0 Å². The Balaban J connectivity index is 2.97. The molecule has 0 saturated heterocycles. The summed E-state index contributed by atoms with van der Waals surface area (Å²) in [7, 11) is 0. The van der Waals surface area contributed by atoms with Crippen molar-refractivity contribution >= 4 is 11.6 Å². The summed E-state index contributed by atoms with van der Waals surface area (Å²) < 4.78 is 0. The van der Waals surface area contributed by atoms with E-state index in [1.807, 2.05) is 26.0 Å². The van der Waals surface area contributed by atoms with Gasteiger partial charge in [0.15, 0.2) is 0 Å². The third kappa shape index (κ3) is 3.22. The minimum absolute atomic E-state index is 0.00834. The maximum atomic E-state index is 12.2. The van der Waals surface area contributed by atoms with E-state index in [0.29, 0.717) is 18.8 Å². The van der Waals surface area contributed by atoms with Crippen molar-refractivity contribution in [3.05, 3.63) is 24.0 Å². The summed E-state index contributed by atoms with van der Waals surface area (Å²) in [6, 6.07) is 3.83. The van der Waals surface area contributed by atoms with E-state index < -0.39 is 0 Å². The Bertz CT molecular complexity index is 384. The molecule has 0 aliphatic carbocycles. The van der Waals surface area contributed by atoms with Crippen LogP contribution in [0.2, 0.25) is 0 Å². The molecule has 1 amide bonds. The minimum atomic E-state index is 0.00834. The Labute approximate surface area is 110 Å². The van der Waals surface area contributed by atoms with Crippen LogP contribution in [-0.4, -0.2) is 42.0 Å². The summed E-state index contributed by atoms with van der Waals surface area (Å²) in [4.78, 5) is 20.4. The quantitative estimate of drug-likeness (QED) is 0.777. The minimum Gasteiger partial charge on any atom is -0.372 e. The second kappa shape index (κ2) is 6.99. The van der Waals surface area contributed by atoms with Crippen molar-refractivity contribution in [3.63, 3.8) is 0 Å². The van der Waals surface area contributed by atoms with E-state index in [1.54, 1.807) is 11.1 Å². The second-order valence-corrected chi connectivity index (χ2v) is 4.05. The van der Waals surface area contributed by atoms with E-state index in [2.05, 4.69) is 23.7 Å². The SMILES string of the molecule is CCN(CC)C(=O)c1cc(N(CC)CC)ccn1. The van der Waals surface area contributed by atoms with E-state index >= 15 is 0 Å². The fraction of sp³-hybridized carbons (Fsp3) is 0.571. The van der Waals surface area contributed by atoms with Crippen molar-refractivity contribution < 1.29 is 4.79 Å². The molecule has 100 valence electrons. The third-order valence-corrected chi connectivity index (χ3v) is 3.14. The van der Waals surface area contributed by atoms with Crippen LogP contribution in [-0.2, 0) is 0 Å². The zero-order chi connectivity index (χ0) is 13.5. The highest BCUT2D eigenvalue weighted by molar-refractivity contribution is 5.93. The zero-order valence-electron chi connectivity index (χ0n) is 11.8. The molecule has 0 atom stereocenters. The van der Waals surface area contributed by atoms with Gasteiger partial charge in [0, 0.05) is 38.1 Å². The van der Waals surface area contributed by atoms with Gasteiger partial charge in [-0.25, -0.2) is 0 Å². The van der Waals surface area contributed by atoms with Gasteiger partial charge < -0.3 is 9.80 Å². The Kier molecular flexibility index (Phi) is 5.62. The average molecular weight is 249 g/mol. The smallest absolute Gasteiger partial charge is 0.272 e. The summed E-state index contributed by atoms with van der Waals surface area (Å²) in [5, 5.41) is 0. The number of pyridine rings is 1. The van der Waals surface area contributed by atoms with E-state index in [0.717, 1.165) is 18.8 Å². The van der Waals surface area contributed by atoms with Crippen LogP contribution in [0.3, 0.4) is 0 Å². The van der Waals surface area contributed by atoms with Crippen LogP contribution < -0.4 is 4.90 Å². The molecular formula is C14H23N3O. The molecule has 0 radical (unpaired) electrons. The first kappa shape index (κ1) is 14.5. The molecule has 0 aromatic carbocycles. The molecule has 4 nitrogen and oxygen atoms in total. The molecule has 0 aliphatic rings.